The number of carbonyl (C=O) groups excluding carboxylic acids is 1. The monoisotopic (exact) mass is 414 g/mol. The van der Waals surface area contributed by atoms with Gasteiger partial charge < -0.3 is 24.7 Å². The molecule has 1 aliphatic heterocycles. The van der Waals surface area contributed by atoms with Gasteiger partial charge in [0, 0.05) is 17.8 Å². The van der Waals surface area contributed by atoms with Gasteiger partial charge in [-0.25, -0.2) is 4.79 Å². The molecule has 7 nitrogen and oxygen atoms in total. The van der Waals surface area contributed by atoms with Crippen LogP contribution in [0.5, 0.6) is 17.2 Å². The van der Waals surface area contributed by atoms with Gasteiger partial charge in [-0.2, -0.15) is 0 Å². The van der Waals surface area contributed by atoms with Crippen molar-refractivity contribution >= 4 is 11.7 Å². The van der Waals surface area contributed by atoms with E-state index in [1.165, 1.54) is 19.3 Å². The fourth-order valence-electron chi connectivity index (χ4n) is 3.72. The maximum Gasteiger partial charge on any atom is 0.338 e. The number of hydrogen-bond donors (Lipinski definition) is 1. The van der Waals surface area contributed by atoms with E-state index in [0.29, 0.717) is 35.1 Å². The first kappa shape index (κ1) is 21.8. The van der Waals surface area contributed by atoms with Crippen LogP contribution in [0.2, 0.25) is 0 Å². The van der Waals surface area contributed by atoms with Crippen molar-refractivity contribution in [2.75, 3.05) is 53.3 Å². The standard InChI is InChI=1S/C23H30N2O5/c1-27-20-14-17(15-21(28-2)22(20)29-3)18-8-7-16(13-19(18)24)23(26)30-12-11-25-9-5-4-6-10-25/h7-8,13-15H,4-6,9-12,24H2,1-3H3. The summed E-state index contributed by atoms with van der Waals surface area (Å²) in [6.45, 7) is 3.31. The minimum absolute atomic E-state index is 0.366. The zero-order valence-electron chi connectivity index (χ0n) is 17.9. The molecule has 2 aromatic rings. The number of ether oxygens (including phenoxy) is 4. The van der Waals surface area contributed by atoms with Gasteiger partial charge in [-0.15, -0.1) is 0 Å². The minimum Gasteiger partial charge on any atom is -0.493 e. The third-order valence-electron chi connectivity index (χ3n) is 5.35. The Morgan fingerprint density at radius 2 is 1.63 bits per heavy atom. The molecule has 0 radical (unpaired) electrons. The lowest BCUT2D eigenvalue weighted by molar-refractivity contribution is 0.0452. The van der Waals surface area contributed by atoms with E-state index in [1.807, 2.05) is 12.1 Å². The van der Waals surface area contributed by atoms with Crippen molar-refractivity contribution in [3.63, 3.8) is 0 Å². The number of carbonyl (C=O) groups is 1. The van der Waals surface area contributed by atoms with Gasteiger partial charge in [0.05, 0.1) is 26.9 Å². The summed E-state index contributed by atoms with van der Waals surface area (Å²) in [5.41, 5.74) is 8.72. The Hall–Kier alpha value is -2.93. The summed E-state index contributed by atoms with van der Waals surface area (Å²) >= 11 is 0. The third-order valence-corrected chi connectivity index (χ3v) is 5.35. The summed E-state index contributed by atoms with van der Waals surface area (Å²) in [5, 5.41) is 0. The second-order valence-electron chi connectivity index (χ2n) is 7.25. The van der Waals surface area contributed by atoms with E-state index in [1.54, 1.807) is 39.5 Å². The predicted octanol–water partition coefficient (Wildman–Crippen LogP) is 3.60. The van der Waals surface area contributed by atoms with E-state index in [9.17, 15) is 4.79 Å². The maximum atomic E-state index is 12.4. The van der Waals surface area contributed by atoms with Gasteiger partial charge in [-0.3, -0.25) is 4.90 Å². The summed E-state index contributed by atoms with van der Waals surface area (Å²) in [5.74, 6) is 1.21. The van der Waals surface area contributed by atoms with E-state index in [-0.39, 0.29) is 5.97 Å². The summed E-state index contributed by atoms with van der Waals surface area (Å²) in [7, 11) is 4.68. The molecule has 1 saturated heterocycles. The van der Waals surface area contributed by atoms with Crippen LogP contribution in [0.25, 0.3) is 11.1 Å². The molecule has 0 aromatic heterocycles. The highest BCUT2D eigenvalue weighted by atomic mass is 16.5. The molecule has 0 unspecified atom stereocenters. The average molecular weight is 415 g/mol. The molecule has 3 rings (SSSR count). The number of nitrogen functional groups attached to an aromatic ring is 1. The van der Waals surface area contributed by atoms with E-state index >= 15 is 0 Å². The number of hydrogen-bond acceptors (Lipinski definition) is 7. The van der Waals surface area contributed by atoms with Crippen molar-refractivity contribution in [3.05, 3.63) is 35.9 Å². The molecule has 0 spiro atoms. The largest absolute Gasteiger partial charge is 0.493 e. The smallest absolute Gasteiger partial charge is 0.338 e. The first-order valence-corrected chi connectivity index (χ1v) is 10.2. The number of anilines is 1. The highest BCUT2D eigenvalue weighted by Crippen LogP contribution is 2.42. The molecule has 0 atom stereocenters. The summed E-state index contributed by atoms with van der Waals surface area (Å²) in [4.78, 5) is 14.7. The Morgan fingerprint density at radius 3 is 2.20 bits per heavy atom. The molecule has 1 aliphatic rings. The highest BCUT2D eigenvalue weighted by Gasteiger charge is 2.17. The number of nitrogens with zero attached hydrogens (tertiary/aromatic N) is 1. The van der Waals surface area contributed by atoms with Crippen LogP contribution >= 0.6 is 0 Å². The second-order valence-corrected chi connectivity index (χ2v) is 7.25. The Kier molecular flexibility index (Phi) is 7.41. The van der Waals surface area contributed by atoms with Gasteiger partial charge in [0.2, 0.25) is 5.75 Å². The molecule has 1 fully saturated rings. The van der Waals surface area contributed by atoms with E-state index in [2.05, 4.69) is 4.90 Å². The van der Waals surface area contributed by atoms with Crippen LogP contribution in [0.3, 0.4) is 0 Å². The fraction of sp³-hybridized carbons (Fsp3) is 0.435. The van der Waals surface area contributed by atoms with Crippen LogP contribution in [0.1, 0.15) is 29.6 Å². The lowest BCUT2D eigenvalue weighted by Gasteiger charge is -2.25. The Labute approximate surface area is 177 Å². The van der Waals surface area contributed by atoms with Crippen LogP contribution in [0.15, 0.2) is 30.3 Å². The molecule has 7 heteroatoms. The quantitative estimate of drug-likeness (QED) is 0.522. The first-order valence-electron chi connectivity index (χ1n) is 10.2. The molecule has 1 heterocycles. The zero-order chi connectivity index (χ0) is 21.5. The first-order chi connectivity index (χ1) is 14.6. The molecule has 0 aliphatic carbocycles. The molecule has 0 amide bonds. The van der Waals surface area contributed by atoms with Crippen LogP contribution in [0.4, 0.5) is 5.69 Å². The second kappa shape index (κ2) is 10.2. The van der Waals surface area contributed by atoms with E-state index in [4.69, 9.17) is 24.7 Å². The van der Waals surface area contributed by atoms with Crippen molar-refractivity contribution < 1.29 is 23.7 Å². The number of likely N-dealkylation sites (tertiary alicyclic amines) is 1. The van der Waals surface area contributed by atoms with Gasteiger partial charge in [-0.1, -0.05) is 12.5 Å². The number of rotatable bonds is 8. The fourth-order valence-corrected chi connectivity index (χ4v) is 3.72. The van der Waals surface area contributed by atoms with Crippen molar-refractivity contribution in [2.24, 2.45) is 0 Å². The predicted molar refractivity (Wildman–Crippen MR) is 117 cm³/mol. The van der Waals surface area contributed by atoms with Crippen LogP contribution in [-0.4, -0.2) is 58.4 Å². The zero-order valence-corrected chi connectivity index (χ0v) is 17.9. The van der Waals surface area contributed by atoms with Crippen LogP contribution < -0.4 is 19.9 Å². The number of methoxy groups -OCH3 is 3. The molecule has 162 valence electrons. The molecule has 0 bridgehead atoms. The van der Waals surface area contributed by atoms with Crippen LogP contribution in [0, 0.1) is 0 Å². The van der Waals surface area contributed by atoms with Crippen molar-refractivity contribution in [1.29, 1.82) is 0 Å². The topological polar surface area (TPSA) is 83.3 Å². The summed E-state index contributed by atoms with van der Waals surface area (Å²) in [6, 6.07) is 8.81. The molecular weight excluding hydrogens is 384 g/mol. The van der Waals surface area contributed by atoms with Crippen molar-refractivity contribution in [1.82, 2.24) is 4.90 Å². The summed E-state index contributed by atoms with van der Waals surface area (Å²) in [6.07, 6.45) is 3.72. The average Bonchev–Trinajstić information content (AvgIpc) is 2.78. The lowest BCUT2D eigenvalue weighted by atomic mass is 10.0. The normalized spacial score (nSPS) is 14.2. The number of esters is 1. The lowest BCUT2D eigenvalue weighted by Crippen LogP contribution is -2.33. The molecule has 2 aromatic carbocycles. The Bertz CT molecular complexity index is 853. The number of benzene rings is 2. The van der Waals surface area contributed by atoms with Gasteiger partial charge in [-0.05, 0) is 55.8 Å². The molecule has 0 saturated carbocycles. The SMILES string of the molecule is COc1cc(-c2ccc(C(=O)OCCN3CCCCC3)cc2N)cc(OC)c1OC. The number of nitrogens with two attached hydrogens (primary N) is 1. The summed E-state index contributed by atoms with van der Waals surface area (Å²) < 4.78 is 21.6. The van der Waals surface area contributed by atoms with Gasteiger partial charge >= 0.3 is 5.97 Å². The van der Waals surface area contributed by atoms with Crippen LogP contribution in [-0.2, 0) is 4.74 Å². The Morgan fingerprint density at radius 1 is 0.967 bits per heavy atom. The number of piperidine rings is 1. The maximum absolute atomic E-state index is 12.4. The van der Waals surface area contributed by atoms with Crippen molar-refractivity contribution in [2.45, 2.75) is 19.3 Å². The van der Waals surface area contributed by atoms with Gasteiger partial charge in [0.25, 0.3) is 0 Å². The Balaban J connectivity index is 1.72. The molecular formula is C23H30N2O5. The highest BCUT2D eigenvalue weighted by molar-refractivity contribution is 5.93. The van der Waals surface area contributed by atoms with Gasteiger partial charge in [0.1, 0.15) is 6.61 Å². The molecule has 2 N–H and O–H groups in total. The van der Waals surface area contributed by atoms with E-state index in [0.717, 1.165) is 30.8 Å². The van der Waals surface area contributed by atoms with Crippen molar-refractivity contribution in [3.8, 4) is 28.4 Å². The van der Waals surface area contributed by atoms with E-state index < -0.39 is 0 Å². The third kappa shape index (κ3) is 4.97. The molecule has 30 heavy (non-hydrogen) atoms. The minimum atomic E-state index is -0.366. The van der Waals surface area contributed by atoms with Gasteiger partial charge in [0.15, 0.2) is 11.5 Å².